The zero-order valence-corrected chi connectivity index (χ0v) is 15.0. The third kappa shape index (κ3) is 3.84. The Hall–Kier alpha value is -2.39. The highest BCUT2D eigenvalue weighted by atomic mass is 32.1. The van der Waals surface area contributed by atoms with Crippen LogP contribution in [0.15, 0.2) is 35.0 Å². The number of rotatable bonds is 4. The van der Waals surface area contributed by atoms with E-state index in [0.717, 1.165) is 19.4 Å². The molecule has 142 valence electrons. The van der Waals surface area contributed by atoms with Gasteiger partial charge in [-0.25, -0.2) is 4.98 Å². The first-order chi connectivity index (χ1) is 12.9. The Morgan fingerprint density at radius 3 is 2.96 bits per heavy atom. The summed E-state index contributed by atoms with van der Waals surface area (Å²) < 4.78 is 38.2. The zero-order valence-electron chi connectivity index (χ0n) is 14.2. The second-order valence-corrected chi connectivity index (χ2v) is 7.33. The molecule has 4 rings (SSSR count). The molecule has 0 radical (unpaired) electrons. The van der Waals surface area contributed by atoms with E-state index in [9.17, 15) is 18.0 Å². The second kappa shape index (κ2) is 6.97. The van der Waals surface area contributed by atoms with Crippen LogP contribution < -0.4 is 5.32 Å². The molecule has 0 spiro atoms. The van der Waals surface area contributed by atoms with E-state index in [1.54, 1.807) is 17.4 Å². The van der Waals surface area contributed by atoms with Crippen LogP contribution in [0.5, 0.6) is 0 Å². The lowest BCUT2D eigenvalue weighted by Crippen LogP contribution is -2.32. The topological polar surface area (TPSA) is 61.0 Å². The Balaban J connectivity index is 1.45. The number of likely N-dealkylation sites (tertiary alicyclic amines) is 1. The number of carbonyl (C=O) groups excluding carboxylic acids is 1. The normalized spacial score (nSPS) is 18.3. The number of nitrogens with one attached hydrogen (secondary N) is 2. The van der Waals surface area contributed by atoms with Gasteiger partial charge in [-0.15, -0.1) is 0 Å². The second-order valence-electron chi connectivity index (χ2n) is 6.55. The van der Waals surface area contributed by atoms with Gasteiger partial charge in [0.15, 0.2) is 0 Å². The number of anilines is 1. The van der Waals surface area contributed by atoms with E-state index >= 15 is 0 Å². The first-order valence-electron chi connectivity index (χ1n) is 8.53. The molecule has 0 aliphatic carbocycles. The fraction of sp³-hybridized carbons (Fsp3) is 0.333. The molecule has 3 aromatic rings. The number of alkyl halides is 3. The maximum absolute atomic E-state index is 12.7. The van der Waals surface area contributed by atoms with Crippen LogP contribution in [0.2, 0.25) is 0 Å². The van der Waals surface area contributed by atoms with Crippen molar-refractivity contribution in [3.63, 3.8) is 0 Å². The number of H-pyrrole nitrogens is 1. The molecule has 2 aromatic heterocycles. The first kappa shape index (κ1) is 18.0. The summed E-state index contributed by atoms with van der Waals surface area (Å²) >= 11 is 1.64. The number of imidazole rings is 1. The number of fused-ring (bicyclic) bond motifs is 1. The number of hydrogen-bond donors (Lipinski definition) is 2. The average molecular weight is 394 g/mol. The van der Waals surface area contributed by atoms with Crippen molar-refractivity contribution in [2.45, 2.75) is 25.1 Å². The fourth-order valence-corrected chi connectivity index (χ4v) is 4.17. The van der Waals surface area contributed by atoms with Crippen LogP contribution in [0.4, 0.5) is 18.9 Å². The summed E-state index contributed by atoms with van der Waals surface area (Å²) in [5, 5.41) is 6.90. The summed E-state index contributed by atoms with van der Waals surface area (Å²) in [6.45, 7) is 1.10. The standard InChI is InChI=1S/C18H17F3N4OS/c19-18(20,21)17-23-13-4-3-12(8-14(13)24-17)22-16(26)9-25-6-1-2-15(25)11-5-7-27-10-11/h3-5,7-8,10,15H,1-2,6,9H2,(H,22,26)(H,23,24). The number of aromatic amines is 1. The van der Waals surface area contributed by atoms with Crippen LogP contribution in [-0.4, -0.2) is 33.9 Å². The van der Waals surface area contributed by atoms with Crippen LogP contribution in [0.3, 0.4) is 0 Å². The van der Waals surface area contributed by atoms with Crippen LogP contribution >= 0.6 is 11.3 Å². The van der Waals surface area contributed by atoms with Crippen molar-refractivity contribution in [2.75, 3.05) is 18.4 Å². The molecule has 1 aromatic carbocycles. The molecule has 1 unspecified atom stereocenters. The third-order valence-corrected chi connectivity index (χ3v) is 5.37. The summed E-state index contributed by atoms with van der Waals surface area (Å²) in [4.78, 5) is 20.3. The van der Waals surface area contributed by atoms with Gasteiger partial charge in [-0.2, -0.15) is 24.5 Å². The van der Waals surface area contributed by atoms with Gasteiger partial charge in [0.05, 0.1) is 17.6 Å². The monoisotopic (exact) mass is 394 g/mol. The summed E-state index contributed by atoms with van der Waals surface area (Å²) in [5.74, 6) is -1.23. The minimum absolute atomic E-state index is 0.188. The molecule has 0 bridgehead atoms. The smallest absolute Gasteiger partial charge is 0.334 e. The number of hydrogen-bond acceptors (Lipinski definition) is 4. The lowest BCUT2D eigenvalue weighted by molar-refractivity contribution is -0.144. The lowest BCUT2D eigenvalue weighted by atomic mass is 10.1. The van der Waals surface area contributed by atoms with E-state index in [2.05, 4.69) is 31.6 Å². The van der Waals surface area contributed by atoms with Crippen molar-refractivity contribution in [2.24, 2.45) is 0 Å². The molecule has 1 aliphatic heterocycles. The quantitative estimate of drug-likeness (QED) is 0.689. The molecule has 1 amide bonds. The number of amides is 1. The van der Waals surface area contributed by atoms with Gasteiger partial charge < -0.3 is 10.3 Å². The summed E-state index contributed by atoms with van der Waals surface area (Å²) in [5.41, 5.74) is 2.11. The highest BCUT2D eigenvalue weighted by Gasteiger charge is 2.34. The van der Waals surface area contributed by atoms with E-state index in [0.29, 0.717) is 5.69 Å². The van der Waals surface area contributed by atoms with Crippen LogP contribution in [0.25, 0.3) is 11.0 Å². The summed E-state index contributed by atoms with van der Waals surface area (Å²) in [7, 11) is 0. The highest BCUT2D eigenvalue weighted by molar-refractivity contribution is 7.07. The zero-order chi connectivity index (χ0) is 19.0. The molecular formula is C18H17F3N4OS. The van der Waals surface area contributed by atoms with Crippen molar-refractivity contribution in [1.82, 2.24) is 14.9 Å². The Morgan fingerprint density at radius 1 is 1.37 bits per heavy atom. The molecule has 1 fully saturated rings. The summed E-state index contributed by atoms with van der Waals surface area (Å²) in [6, 6.07) is 6.81. The lowest BCUT2D eigenvalue weighted by Gasteiger charge is -2.23. The number of benzene rings is 1. The third-order valence-electron chi connectivity index (χ3n) is 4.67. The van der Waals surface area contributed by atoms with Crippen molar-refractivity contribution in [1.29, 1.82) is 0 Å². The number of nitrogens with zero attached hydrogens (tertiary/aromatic N) is 2. The van der Waals surface area contributed by atoms with Crippen molar-refractivity contribution in [3.05, 3.63) is 46.4 Å². The SMILES string of the molecule is O=C(CN1CCCC1c1ccsc1)Nc1ccc2nc(C(F)(F)F)[nH]c2c1. The van der Waals surface area contributed by atoms with Gasteiger partial charge in [0, 0.05) is 11.7 Å². The maximum Gasteiger partial charge on any atom is 0.449 e. The van der Waals surface area contributed by atoms with Gasteiger partial charge in [-0.05, 0) is 60.0 Å². The van der Waals surface area contributed by atoms with Crippen LogP contribution in [-0.2, 0) is 11.0 Å². The molecule has 1 atom stereocenters. The van der Waals surface area contributed by atoms with Gasteiger partial charge in [-0.1, -0.05) is 0 Å². The van der Waals surface area contributed by atoms with Crippen molar-refractivity contribution in [3.8, 4) is 0 Å². The van der Waals surface area contributed by atoms with Gasteiger partial charge in [0.1, 0.15) is 0 Å². The molecule has 1 aliphatic rings. The molecule has 3 heterocycles. The first-order valence-corrected chi connectivity index (χ1v) is 9.47. The van der Waals surface area contributed by atoms with E-state index in [-0.39, 0.29) is 29.5 Å². The van der Waals surface area contributed by atoms with E-state index in [1.165, 1.54) is 17.7 Å². The van der Waals surface area contributed by atoms with Crippen molar-refractivity contribution >= 4 is 34.0 Å². The predicted octanol–water partition coefficient (Wildman–Crippen LogP) is 4.42. The van der Waals surface area contributed by atoms with Gasteiger partial charge >= 0.3 is 6.18 Å². The van der Waals surface area contributed by atoms with Crippen LogP contribution in [0.1, 0.15) is 30.3 Å². The Morgan fingerprint density at radius 2 is 2.22 bits per heavy atom. The Labute approximate surface area is 157 Å². The predicted molar refractivity (Wildman–Crippen MR) is 97.6 cm³/mol. The van der Waals surface area contributed by atoms with E-state index in [4.69, 9.17) is 0 Å². The molecule has 9 heteroatoms. The van der Waals surface area contributed by atoms with Gasteiger partial charge in [-0.3, -0.25) is 9.69 Å². The van der Waals surface area contributed by atoms with Crippen LogP contribution in [0, 0.1) is 0 Å². The molecule has 2 N–H and O–H groups in total. The molecule has 1 saturated heterocycles. The van der Waals surface area contributed by atoms with Gasteiger partial charge in [0.25, 0.3) is 0 Å². The molecular weight excluding hydrogens is 377 g/mol. The fourth-order valence-electron chi connectivity index (χ4n) is 3.46. The molecule has 5 nitrogen and oxygen atoms in total. The maximum atomic E-state index is 12.7. The number of carbonyl (C=O) groups is 1. The molecule has 27 heavy (non-hydrogen) atoms. The van der Waals surface area contributed by atoms with Crippen molar-refractivity contribution < 1.29 is 18.0 Å². The van der Waals surface area contributed by atoms with E-state index in [1.807, 2.05) is 5.38 Å². The average Bonchev–Trinajstić information content (AvgIpc) is 3.33. The minimum Gasteiger partial charge on any atom is -0.334 e. The van der Waals surface area contributed by atoms with E-state index < -0.39 is 12.0 Å². The molecule has 0 saturated carbocycles. The Kier molecular flexibility index (Phi) is 4.65. The highest BCUT2D eigenvalue weighted by Crippen LogP contribution is 2.33. The minimum atomic E-state index is -4.53. The number of thiophene rings is 1. The van der Waals surface area contributed by atoms with Gasteiger partial charge in [0.2, 0.25) is 11.7 Å². The summed E-state index contributed by atoms with van der Waals surface area (Å²) in [6.07, 6.45) is -2.48. The largest absolute Gasteiger partial charge is 0.449 e. The number of halogens is 3. The Bertz CT molecular complexity index is 951. The number of aromatic nitrogens is 2.